The molecule has 0 spiro atoms. The second kappa shape index (κ2) is 14.4. The molecule has 0 aliphatic heterocycles. The van der Waals surface area contributed by atoms with E-state index in [0.29, 0.717) is 0 Å². The van der Waals surface area contributed by atoms with Gasteiger partial charge in [-0.1, -0.05) is 182 Å². The first-order valence-electron chi connectivity index (χ1n) is 19.8. The predicted octanol–water partition coefficient (Wildman–Crippen LogP) is 16.5. The number of nitrogens with zero attached hydrogens (tertiary/aromatic N) is 1. The van der Waals surface area contributed by atoms with Gasteiger partial charge in [-0.2, -0.15) is 0 Å². The molecule has 0 amide bonds. The molecular formula is C56H37NS. The molecule has 2 heteroatoms. The number of thiophene rings is 1. The Hall–Kier alpha value is -7.26. The number of anilines is 3. The molecular weight excluding hydrogens is 719 g/mol. The van der Waals surface area contributed by atoms with Crippen LogP contribution in [-0.4, -0.2) is 0 Å². The van der Waals surface area contributed by atoms with E-state index < -0.39 is 0 Å². The zero-order valence-electron chi connectivity index (χ0n) is 31.7. The van der Waals surface area contributed by atoms with Gasteiger partial charge in [-0.25, -0.2) is 0 Å². The summed E-state index contributed by atoms with van der Waals surface area (Å²) in [5.74, 6) is 0. The van der Waals surface area contributed by atoms with Crippen molar-refractivity contribution in [1.29, 1.82) is 0 Å². The van der Waals surface area contributed by atoms with Crippen LogP contribution in [0.4, 0.5) is 17.1 Å². The molecule has 0 unspecified atom stereocenters. The van der Waals surface area contributed by atoms with Crippen molar-refractivity contribution in [2.75, 3.05) is 4.90 Å². The van der Waals surface area contributed by atoms with Crippen molar-refractivity contribution >= 4 is 70.1 Å². The molecule has 0 N–H and O–H groups in total. The average molecular weight is 756 g/mol. The van der Waals surface area contributed by atoms with Crippen molar-refractivity contribution in [3.05, 3.63) is 224 Å². The van der Waals surface area contributed by atoms with E-state index in [4.69, 9.17) is 0 Å². The van der Waals surface area contributed by atoms with Gasteiger partial charge in [0.15, 0.2) is 0 Å². The molecule has 10 aromatic carbocycles. The van der Waals surface area contributed by atoms with Crippen LogP contribution >= 0.6 is 11.3 Å². The number of hydrogen-bond acceptors (Lipinski definition) is 2. The second-order valence-electron chi connectivity index (χ2n) is 14.8. The number of hydrogen-bond donors (Lipinski definition) is 0. The minimum absolute atomic E-state index is 1.11. The minimum atomic E-state index is 1.11. The molecule has 58 heavy (non-hydrogen) atoms. The zero-order chi connectivity index (χ0) is 38.4. The fourth-order valence-corrected chi connectivity index (χ4v) is 10.0. The van der Waals surface area contributed by atoms with E-state index in [2.05, 4.69) is 229 Å². The summed E-state index contributed by atoms with van der Waals surface area (Å²) in [7, 11) is 0. The number of para-hydroxylation sites is 1. The van der Waals surface area contributed by atoms with Crippen LogP contribution in [0.3, 0.4) is 0 Å². The summed E-state index contributed by atoms with van der Waals surface area (Å²) in [6.45, 7) is 0. The van der Waals surface area contributed by atoms with Gasteiger partial charge < -0.3 is 4.90 Å². The lowest BCUT2D eigenvalue weighted by Crippen LogP contribution is -2.11. The Kier molecular flexibility index (Phi) is 8.42. The van der Waals surface area contributed by atoms with E-state index in [9.17, 15) is 0 Å². The molecule has 0 atom stereocenters. The summed E-state index contributed by atoms with van der Waals surface area (Å²) in [4.78, 5) is 2.48. The van der Waals surface area contributed by atoms with Gasteiger partial charge in [0.1, 0.15) is 0 Å². The Labute approximate surface area is 342 Å². The molecule has 1 heterocycles. The third-order valence-corrected chi connectivity index (χ3v) is 12.6. The Balaban J connectivity index is 1.17. The van der Waals surface area contributed by atoms with Gasteiger partial charge in [-0.3, -0.25) is 0 Å². The van der Waals surface area contributed by atoms with E-state index in [-0.39, 0.29) is 0 Å². The van der Waals surface area contributed by atoms with Crippen molar-refractivity contribution in [1.82, 2.24) is 0 Å². The topological polar surface area (TPSA) is 3.24 Å². The maximum Gasteiger partial charge on any atom is 0.0555 e. The van der Waals surface area contributed by atoms with Crippen LogP contribution in [0.5, 0.6) is 0 Å². The Morgan fingerprint density at radius 2 is 0.810 bits per heavy atom. The highest BCUT2D eigenvalue weighted by atomic mass is 32.1. The van der Waals surface area contributed by atoms with Crippen molar-refractivity contribution in [2.45, 2.75) is 0 Å². The first-order valence-corrected chi connectivity index (χ1v) is 20.7. The van der Waals surface area contributed by atoms with Crippen molar-refractivity contribution < 1.29 is 0 Å². The van der Waals surface area contributed by atoms with Gasteiger partial charge in [0, 0.05) is 31.4 Å². The summed E-state index contributed by atoms with van der Waals surface area (Å²) in [6.07, 6.45) is 0. The number of benzene rings is 10. The van der Waals surface area contributed by atoms with E-state index in [0.717, 1.165) is 16.9 Å². The number of fused-ring (bicyclic) bond motifs is 6. The maximum absolute atomic E-state index is 2.48. The fourth-order valence-electron chi connectivity index (χ4n) is 8.89. The summed E-state index contributed by atoms with van der Waals surface area (Å²) in [6, 6.07) is 82.0. The molecule has 0 aliphatic carbocycles. The van der Waals surface area contributed by atoms with Gasteiger partial charge >= 0.3 is 0 Å². The van der Waals surface area contributed by atoms with Gasteiger partial charge in [-0.05, 0) is 103 Å². The third kappa shape index (κ3) is 5.77. The Bertz CT molecular complexity index is 3270. The van der Waals surface area contributed by atoms with Gasteiger partial charge in [0.2, 0.25) is 0 Å². The molecule has 0 bridgehead atoms. The highest BCUT2D eigenvalue weighted by Crippen LogP contribution is 2.49. The number of rotatable bonds is 7. The summed E-state index contributed by atoms with van der Waals surface area (Å²) < 4.78 is 2.57. The SMILES string of the molecule is c1ccc(-c2ccccc2N(c2cccc(-c3ccc4c(c3)c(-c3ccccc3)c(-c3ccccc3)c3ccccc34)c2)c2cccc3sc4ccccc4c23)cc1. The second-order valence-corrected chi connectivity index (χ2v) is 15.9. The minimum Gasteiger partial charge on any atom is -0.309 e. The monoisotopic (exact) mass is 755 g/mol. The molecule has 0 saturated carbocycles. The van der Waals surface area contributed by atoms with E-state index in [1.807, 2.05) is 11.3 Å². The molecule has 0 saturated heterocycles. The first-order chi connectivity index (χ1) is 28.8. The summed E-state index contributed by atoms with van der Waals surface area (Å²) in [5, 5.41) is 7.57. The standard InChI is InChI=1S/C56H37NS/c1-4-18-38(19-5-1)44-26-12-14-30-50(44)57(51-31-17-33-53-56(51)48-29-13-15-32-52(48)58-53)43-25-16-24-41(36-43)42-34-35-46-45-27-10-11-28-47(45)54(39-20-6-2-7-21-39)55(49(46)37-42)40-22-8-3-9-23-40/h1-37H. The lowest BCUT2D eigenvalue weighted by molar-refractivity contribution is 1.30. The zero-order valence-corrected chi connectivity index (χ0v) is 32.5. The molecule has 1 aromatic heterocycles. The highest BCUT2D eigenvalue weighted by Gasteiger charge is 2.22. The Morgan fingerprint density at radius 1 is 0.293 bits per heavy atom. The summed E-state index contributed by atoms with van der Waals surface area (Å²) >= 11 is 1.86. The van der Waals surface area contributed by atoms with E-state index in [1.165, 1.54) is 86.3 Å². The van der Waals surface area contributed by atoms with Gasteiger partial charge in [0.25, 0.3) is 0 Å². The molecule has 272 valence electrons. The highest BCUT2D eigenvalue weighted by molar-refractivity contribution is 7.26. The maximum atomic E-state index is 2.48. The average Bonchev–Trinajstić information content (AvgIpc) is 3.69. The van der Waals surface area contributed by atoms with Crippen LogP contribution < -0.4 is 4.90 Å². The van der Waals surface area contributed by atoms with Crippen molar-refractivity contribution in [3.63, 3.8) is 0 Å². The molecule has 0 fully saturated rings. The van der Waals surface area contributed by atoms with E-state index in [1.54, 1.807) is 0 Å². The largest absolute Gasteiger partial charge is 0.309 e. The molecule has 11 aromatic rings. The van der Waals surface area contributed by atoms with Crippen LogP contribution in [0.25, 0.3) is 86.2 Å². The molecule has 0 aliphatic rings. The normalized spacial score (nSPS) is 11.4. The lowest BCUT2D eigenvalue weighted by atomic mass is 9.84. The van der Waals surface area contributed by atoms with E-state index >= 15 is 0 Å². The molecule has 11 rings (SSSR count). The summed E-state index contributed by atoms with van der Waals surface area (Å²) in [5.41, 5.74) is 13.1. The smallest absolute Gasteiger partial charge is 0.0555 e. The molecule has 0 radical (unpaired) electrons. The van der Waals surface area contributed by atoms with Gasteiger partial charge in [-0.15, -0.1) is 11.3 Å². The Morgan fingerprint density at radius 3 is 1.57 bits per heavy atom. The van der Waals surface area contributed by atoms with Crippen LogP contribution in [0.15, 0.2) is 224 Å². The molecule has 1 nitrogen and oxygen atoms in total. The van der Waals surface area contributed by atoms with Crippen LogP contribution in [0.1, 0.15) is 0 Å². The van der Waals surface area contributed by atoms with Gasteiger partial charge in [0.05, 0.1) is 11.4 Å². The van der Waals surface area contributed by atoms with Crippen LogP contribution in [-0.2, 0) is 0 Å². The lowest BCUT2D eigenvalue weighted by Gasteiger charge is -2.29. The fraction of sp³-hybridized carbons (Fsp3) is 0. The van der Waals surface area contributed by atoms with Crippen LogP contribution in [0.2, 0.25) is 0 Å². The third-order valence-electron chi connectivity index (χ3n) is 11.4. The quantitative estimate of drug-likeness (QED) is 0.146. The first kappa shape index (κ1) is 34.0. The van der Waals surface area contributed by atoms with Crippen molar-refractivity contribution in [3.8, 4) is 44.5 Å². The van der Waals surface area contributed by atoms with Crippen molar-refractivity contribution in [2.24, 2.45) is 0 Å². The predicted molar refractivity (Wildman–Crippen MR) is 251 cm³/mol. The van der Waals surface area contributed by atoms with Crippen LogP contribution in [0, 0.1) is 0 Å².